The van der Waals surface area contributed by atoms with E-state index in [1.807, 2.05) is 18.8 Å². The lowest BCUT2D eigenvalue weighted by Gasteiger charge is -2.41. The zero-order chi connectivity index (χ0) is 14.9. The summed E-state index contributed by atoms with van der Waals surface area (Å²) in [6.45, 7) is 0.737. The maximum atomic E-state index is 13.5. The minimum Gasteiger partial charge on any atom is -0.374 e. The Hall–Kier alpha value is -0.650. The van der Waals surface area contributed by atoms with Gasteiger partial charge in [-0.25, -0.2) is 8.78 Å². The maximum Gasteiger partial charge on any atom is 0.126 e. The van der Waals surface area contributed by atoms with Crippen molar-refractivity contribution >= 4 is 11.8 Å². The fourth-order valence-corrected chi connectivity index (χ4v) is 5.02. The SMILES string of the molecule is CNC(c1cc(F)cc(F)c1)C1CCOC2(CCSC2)C1. The first-order valence-corrected chi connectivity index (χ1v) is 8.62. The second-order valence-electron chi connectivity index (χ2n) is 6.06. The third-order valence-electron chi connectivity index (χ3n) is 4.62. The molecule has 3 atom stereocenters. The third kappa shape index (κ3) is 3.25. The molecule has 1 aromatic rings. The number of hydrogen-bond acceptors (Lipinski definition) is 3. The van der Waals surface area contributed by atoms with Crippen LogP contribution in [0, 0.1) is 17.6 Å². The molecule has 0 bridgehead atoms. The normalized spacial score (nSPS) is 30.7. The Morgan fingerprint density at radius 3 is 2.71 bits per heavy atom. The van der Waals surface area contributed by atoms with E-state index in [2.05, 4.69) is 5.32 Å². The van der Waals surface area contributed by atoms with Crippen molar-refractivity contribution in [3.8, 4) is 0 Å². The maximum absolute atomic E-state index is 13.5. The van der Waals surface area contributed by atoms with Crippen molar-refractivity contribution < 1.29 is 13.5 Å². The molecule has 5 heteroatoms. The Bertz CT molecular complexity index is 485. The van der Waals surface area contributed by atoms with Gasteiger partial charge in [0.2, 0.25) is 0 Å². The number of ether oxygens (including phenoxy) is 1. The van der Waals surface area contributed by atoms with Crippen LogP contribution in [0.25, 0.3) is 0 Å². The van der Waals surface area contributed by atoms with E-state index in [-0.39, 0.29) is 11.6 Å². The van der Waals surface area contributed by atoms with Crippen LogP contribution < -0.4 is 5.32 Å². The van der Waals surface area contributed by atoms with Gasteiger partial charge in [0.05, 0.1) is 5.60 Å². The summed E-state index contributed by atoms with van der Waals surface area (Å²) in [5.41, 5.74) is 0.678. The molecular formula is C16H21F2NOS. The van der Waals surface area contributed by atoms with Crippen LogP contribution in [0.1, 0.15) is 30.9 Å². The van der Waals surface area contributed by atoms with Crippen LogP contribution >= 0.6 is 11.8 Å². The Morgan fingerprint density at radius 1 is 1.33 bits per heavy atom. The molecule has 0 saturated carbocycles. The Labute approximate surface area is 128 Å². The molecule has 2 aliphatic heterocycles. The molecule has 0 amide bonds. The van der Waals surface area contributed by atoms with Crippen molar-refractivity contribution in [1.29, 1.82) is 0 Å². The Morgan fingerprint density at radius 2 is 2.10 bits per heavy atom. The Balaban J connectivity index is 1.82. The van der Waals surface area contributed by atoms with Crippen molar-refractivity contribution in [1.82, 2.24) is 5.32 Å². The second-order valence-corrected chi connectivity index (χ2v) is 7.16. The van der Waals surface area contributed by atoms with Gasteiger partial charge < -0.3 is 10.1 Å². The van der Waals surface area contributed by atoms with Crippen molar-refractivity contribution in [3.63, 3.8) is 0 Å². The quantitative estimate of drug-likeness (QED) is 0.922. The number of halogens is 2. The second kappa shape index (κ2) is 6.23. The fourth-order valence-electron chi connectivity index (χ4n) is 3.64. The Kier molecular flexibility index (Phi) is 4.52. The summed E-state index contributed by atoms with van der Waals surface area (Å²) in [5, 5.41) is 3.25. The van der Waals surface area contributed by atoms with Gasteiger partial charge in [0.15, 0.2) is 0 Å². The van der Waals surface area contributed by atoms with Crippen LogP contribution in [0.5, 0.6) is 0 Å². The zero-order valence-corrected chi connectivity index (χ0v) is 13.0. The van der Waals surface area contributed by atoms with Gasteiger partial charge in [-0.05, 0) is 55.7 Å². The molecule has 0 aromatic heterocycles. The van der Waals surface area contributed by atoms with Crippen LogP contribution in [-0.4, -0.2) is 30.8 Å². The molecule has 3 rings (SSSR count). The van der Waals surface area contributed by atoms with Gasteiger partial charge >= 0.3 is 0 Å². The number of thioether (sulfide) groups is 1. The van der Waals surface area contributed by atoms with Gasteiger partial charge in [0.25, 0.3) is 0 Å². The van der Waals surface area contributed by atoms with Gasteiger partial charge in [-0.15, -0.1) is 0 Å². The van der Waals surface area contributed by atoms with E-state index in [9.17, 15) is 8.78 Å². The highest BCUT2D eigenvalue weighted by atomic mass is 32.2. The van der Waals surface area contributed by atoms with Crippen LogP contribution in [0.4, 0.5) is 8.78 Å². The number of rotatable bonds is 3. The third-order valence-corrected chi connectivity index (χ3v) is 5.85. The summed E-state index contributed by atoms with van der Waals surface area (Å²) in [5.74, 6) is 1.51. The van der Waals surface area contributed by atoms with E-state index in [1.165, 1.54) is 12.1 Å². The van der Waals surface area contributed by atoms with E-state index < -0.39 is 11.6 Å². The zero-order valence-electron chi connectivity index (χ0n) is 12.2. The monoisotopic (exact) mass is 313 g/mol. The lowest BCUT2D eigenvalue weighted by atomic mass is 9.79. The fraction of sp³-hybridized carbons (Fsp3) is 0.625. The highest BCUT2D eigenvalue weighted by Crippen LogP contribution is 2.44. The summed E-state index contributed by atoms with van der Waals surface area (Å²) < 4.78 is 33.0. The summed E-state index contributed by atoms with van der Waals surface area (Å²) in [7, 11) is 1.86. The average Bonchev–Trinajstić information content (AvgIpc) is 2.86. The predicted molar refractivity (Wildman–Crippen MR) is 81.5 cm³/mol. The van der Waals surface area contributed by atoms with E-state index >= 15 is 0 Å². The van der Waals surface area contributed by atoms with E-state index in [4.69, 9.17) is 4.74 Å². The van der Waals surface area contributed by atoms with Gasteiger partial charge in [-0.2, -0.15) is 11.8 Å². The molecule has 1 aromatic carbocycles. The highest BCUT2D eigenvalue weighted by Gasteiger charge is 2.42. The van der Waals surface area contributed by atoms with Crippen LogP contribution in [-0.2, 0) is 4.74 Å². The summed E-state index contributed by atoms with van der Waals surface area (Å²) in [6.07, 6.45) is 2.97. The minimum atomic E-state index is -0.511. The number of hydrogen-bond donors (Lipinski definition) is 1. The van der Waals surface area contributed by atoms with Gasteiger partial charge in [0, 0.05) is 24.5 Å². The van der Waals surface area contributed by atoms with Crippen LogP contribution in [0.2, 0.25) is 0 Å². The molecule has 1 spiro atoms. The number of nitrogens with one attached hydrogen (secondary N) is 1. The van der Waals surface area contributed by atoms with Crippen molar-refractivity contribution in [2.45, 2.75) is 30.9 Å². The predicted octanol–water partition coefficient (Wildman–Crippen LogP) is 3.53. The minimum absolute atomic E-state index is 0.0193. The molecule has 2 nitrogen and oxygen atoms in total. The lowest BCUT2D eigenvalue weighted by Crippen LogP contribution is -2.43. The largest absolute Gasteiger partial charge is 0.374 e. The van der Waals surface area contributed by atoms with Gasteiger partial charge in [-0.1, -0.05) is 0 Å². The molecule has 21 heavy (non-hydrogen) atoms. The number of benzene rings is 1. The molecular weight excluding hydrogens is 292 g/mol. The molecule has 2 heterocycles. The molecule has 0 radical (unpaired) electrons. The lowest BCUT2D eigenvalue weighted by molar-refractivity contribution is -0.0850. The molecule has 3 unspecified atom stereocenters. The first-order chi connectivity index (χ1) is 10.1. The highest BCUT2D eigenvalue weighted by molar-refractivity contribution is 7.99. The topological polar surface area (TPSA) is 21.3 Å². The molecule has 1 N–H and O–H groups in total. The smallest absolute Gasteiger partial charge is 0.126 e. The molecule has 2 fully saturated rings. The van der Waals surface area contributed by atoms with Gasteiger partial charge in [0.1, 0.15) is 11.6 Å². The van der Waals surface area contributed by atoms with E-state index in [1.54, 1.807) is 0 Å². The van der Waals surface area contributed by atoms with Gasteiger partial charge in [-0.3, -0.25) is 0 Å². The molecule has 2 aliphatic rings. The average molecular weight is 313 g/mol. The van der Waals surface area contributed by atoms with Crippen LogP contribution in [0.15, 0.2) is 18.2 Å². The first kappa shape index (κ1) is 15.3. The molecule has 2 saturated heterocycles. The van der Waals surface area contributed by atoms with Crippen molar-refractivity contribution in [2.24, 2.45) is 5.92 Å². The van der Waals surface area contributed by atoms with Crippen LogP contribution in [0.3, 0.4) is 0 Å². The molecule has 116 valence electrons. The first-order valence-electron chi connectivity index (χ1n) is 7.47. The van der Waals surface area contributed by atoms with Crippen molar-refractivity contribution in [3.05, 3.63) is 35.4 Å². The van der Waals surface area contributed by atoms with E-state index in [0.717, 1.165) is 43.4 Å². The standard InChI is InChI=1S/C16H21F2NOS/c1-19-15(12-6-13(17)8-14(18)7-12)11-2-4-20-16(9-11)3-5-21-10-16/h6-8,11,15,19H,2-5,9-10H2,1H3. The van der Waals surface area contributed by atoms with Crippen molar-refractivity contribution in [2.75, 3.05) is 25.2 Å². The van der Waals surface area contributed by atoms with E-state index in [0.29, 0.717) is 11.5 Å². The molecule has 0 aliphatic carbocycles. The summed E-state index contributed by atoms with van der Waals surface area (Å²) in [6, 6.07) is 3.78. The summed E-state index contributed by atoms with van der Waals surface area (Å²) in [4.78, 5) is 0. The summed E-state index contributed by atoms with van der Waals surface area (Å²) >= 11 is 1.94.